The van der Waals surface area contributed by atoms with Crippen LogP contribution in [0.15, 0.2) is 54.9 Å². The topological polar surface area (TPSA) is 105 Å². The van der Waals surface area contributed by atoms with Crippen LogP contribution in [0.5, 0.6) is 11.5 Å². The van der Waals surface area contributed by atoms with E-state index in [0.29, 0.717) is 41.6 Å². The van der Waals surface area contributed by atoms with E-state index in [1.165, 1.54) is 17.4 Å². The molecule has 0 spiro atoms. The van der Waals surface area contributed by atoms with Crippen molar-refractivity contribution in [3.8, 4) is 17.6 Å². The number of nitrogens with one attached hydrogen (secondary N) is 1. The van der Waals surface area contributed by atoms with Gasteiger partial charge in [0, 0.05) is 36.0 Å². The predicted molar refractivity (Wildman–Crippen MR) is 124 cm³/mol. The normalized spacial score (nSPS) is 12.7. The second-order valence-corrected chi connectivity index (χ2v) is 8.25. The molecule has 1 N–H and O–H groups in total. The number of nitriles is 1. The van der Waals surface area contributed by atoms with Crippen molar-refractivity contribution in [2.75, 3.05) is 19.0 Å². The number of hydrogen-bond acceptors (Lipinski definition) is 7. The zero-order valence-electron chi connectivity index (χ0n) is 17.8. The summed E-state index contributed by atoms with van der Waals surface area (Å²) in [6.45, 7) is 0.717. The zero-order chi connectivity index (χ0) is 23.2. The van der Waals surface area contributed by atoms with Gasteiger partial charge in [-0.15, -0.1) is 11.3 Å². The van der Waals surface area contributed by atoms with E-state index >= 15 is 0 Å². The molecule has 166 valence electrons. The second-order valence-electron chi connectivity index (χ2n) is 7.15. The second kappa shape index (κ2) is 9.97. The minimum absolute atomic E-state index is 0.304. The highest BCUT2D eigenvalue weighted by molar-refractivity contribution is 7.16. The van der Waals surface area contributed by atoms with Crippen LogP contribution in [0.4, 0.5) is 9.80 Å². The molecule has 8 nitrogen and oxygen atoms in total. The number of aromatic nitrogens is 1. The van der Waals surface area contributed by atoms with E-state index in [4.69, 9.17) is 9.47 Å². The lowest BCUT2D eigenvalue weighted by Gasteiger charge is -2.26. The van der Waals surface area contributed by atoms with E-state index < -0.39 is 6.09 Å². The van der Waals surface area contributed by atoms with Crippen LogP contribution in [0.25, 0.3) is 6.08 Å². The molecule has 1 aliphatic rings. The molecule has 4 rings (SSSR count). The molecule has 0 atom stereocenters. The molecule has 0 aliphatic carbocycles. The van der Waals surface area contributed by atoms with Crippen LogP contribution < -0.4 is 14.8 Å². The lowest BCUT2D eigenvalue weighted by atomic mass is 10.0. The maximum absolute atomic E-state index is 12.7. The fraction of sp³-hybridized carbons (Fsp3) is 0.167. The Morgan fingerprint density at radius 3 is 2.88 bits per heavy atom. The van der Waals surface area contributed by atoms with Crippen LogP contribution in [0.3, 0.4) is 0 Å². The molecule has 0 radical (unpaired) electrons. The number of methoxy groups -OCH3 is 1. The number of nitrogens with zero attached hydrogens (tertiary/aromatic N) is 3. The number of rotatable bonds is 5. The van der Waals surface area contributed by atoms with Crippen molar-refractivity contribution in [3.05, 3.63) is 76.4 Å². The summed E-state index contributed by atoms with van der Waals surface area (Å²) >= 11 is 1.30. The van der Waals surface area contributed by atoms with Gasteiger partial charge in [-0.05, 0) is 41.8 Å². The maximum Gasteiger partial charge on any atom is 0.415 e. The van der Waals surface area contributed by atoms with Gasteiger partial charge in [-0.1, -0.05) is 12.1 Å². The van der Waals surface area contributed by atoms with E-state index in [-0.39, 0.29) is 5.91 Å². The largest absolute Gasteiger partial charge is 0.497 e. The van der Waals surface area contributed by atoms with Gasteiger partial charge >= 0.3 is 6.09 Å². The smallest absolute Gasteiger partial charge is 0.415 e. The summed E-state index contributed by atoms with van der Waals surface area (Å²) in [6.07, 6.45) is 6.37. The van der Waals surface area contributed by atoms with Crippen LogP contribution in [-0.2, 0) is 17.8 Å². The van der Waals surface area contributed by atoms with E-state index in [0.717, 1.165) is 16.0 Å². The number of ether oxygens (including phenoxy) is 2. The molecule has 0 unspecified atom stereocenters. The standard InChI is InChI=1S/C24H20N4O4S/c1-31-17-5-2-6-18(12-17)32-24(30)28-11-9-19-20(13-25)23(33-21(19)15-28)27-22(29)8-7-16-4-3-10-26-14-16/h2-8,10,12,14H,9,11,15H2,1H3,(H,27,29). The van der Waals surface area contributed by atoms with Crippen molar-refractivity contribution in [1.29, 1.82) is 5.26 Å². The summed E-state index contributed by atoms with van der Waals surface area (Å²) in [5.41, 5.74) is 2.10. The summed E-state index contributed by atoms with van der Waals surface area (Å²) in [4.78, 5) is 31.5. The minimum Gasteiger partial charge on any atom is -0.497 e. The Balaban J connectivity index is 1.44. The van der Waals surface area contributed by atoms with Crippen LogP contribution >= 0.6 is 11.3 Å². The van der Waals surface area contributed by atoms with Gasteiger partial charge in [-0.25, -0.2) is 4.79 Å². The Kier molecular flexibility index (Phi) is 6.66. The number of thiophene rings is 1. The third-order valence-electron chi connectivity index (χ3n) is 5.02. The van der Waals surface area contributed by atoms with E-state index in [1.54, 1.807) is 60.8 Å². The Hall–Kier alpha value is -4.16. The Labute approximate surface area is 194 Å². The van der Waals surface area contributed by atoms with Gasteiger partial charge in [-0.3, -0.25) is 9.78 Å². The maximum atomic E-state index is 12.7. The summed E-state index contributed by atoms with van der Waals surface area (Å²) in [7, 11) is 1.54. The number of carbonyl (C=O) groups excluding carboxylic acids is 2. The Morgan fingerprint density at radius 2 is 2.12 bits per heavy atom. The van der Waals surface area contributed by atoms with Crippen LogP contribution in [0, 0.1) is 11.3 Å². The molecule has 1 aromatic carbocycles. The first-order chi connectivity index (χ1) is 16.1. The first-order valence-electron chi connectivity index (χ1n) is 10.1. The summed E-state index contributed by atoms with van der Waals surface area (Å²) in [5.74, 6) is 0.641. The average Bonchev–Trinajstić information content (AvgIpc) is 3.19. The average molecular weight is 461 g/mol. The third-order valence-corrected chi connectivity index (χ3v) is 6.15. The molecule has 3 aromatic rings. The minimum atomic E-state index is -0.481. The lowest BCUT2D eigenvalue weighted by Crippen LogP contribution is -2.37. The van der Waals surface area contributed by atoms with Crippen LogP contribution in [0.2, 0.25) is 0 Å². The molecule has 3 heterocycles. The summed E-state index contributed by atoms with van der Waals surface area (Å²) < 4.78 is 10.6. The first kappa shape index (κ1) is 22.0. The van der Waals surface area contributed by atoms with Crippen molar-refractivity contribution >= 4 is 34.4 Å². The van der Waals surface area contributed by atoms with Gasteiger partial charge in [-0.2, -0.15) is 5.26 Å². The van der Waals surface area contributed by atoms with Crippen LogP contribution in [0.1, 0.15) is 21.6 Å². The number of carbonyl (C=O) groups is 2. The summed E-state index contributed by atoms with van der Waals surface area (Å²) in [5, 5.41) is 12.9. The Morgan fingerprint density at radius 1 is 1.27 bits per heavy atom. The van der Waals surface area contributed by atoms with E-state index in [9.17, 15) is 14.9 Å². The van der Waals surface area contributed by atoms with Gasteiger partial charge in [0.1, 0.15) is 22.6 Å². The third kappa shape index (κ3) is 5.19. The molecular formula is C24H20N4O4S. The molecule has 0 saturated heterocycles. The first-order valence-corrected chi connectivity index (χ1v) is 10.9. The van der Waals surface area contributed by atoms with Gasteiger partial charge in [0.05, 0.1) is 19.2 Å². The number of hydrogen-bond donors (Lipinski definition) is 1. The monoisotopic (exact) mass is 460 g/mol. The Bertz CT molecular complexity index is 1250. The van der Waals surface area contributed by atoms with Gasteiger partial charge in [0.2, 0.25) is 5.91 Å². The fourth-order valence-corrected chi connectivity index (χ4v) is 4.61. The van der Waals surface area contributed by atoms with Crippen molar-refractivity contribution in [3.63, 3.8) is 0 Å². The number of benzene rings is 1. The van der Waals surface area contributed by atoms with Crippen molar-refractivity contribution in [2.24, 2.45) is 0 Å². The molecule has 0 fully saturated rings. The number of anilines is 1. The van der Waals surface area contributed by atoms with E-state index in [1.807, 2.05) is 6.07 Å². The van der Waals surface area contributed by atoms with Gasteiger partial charge in [0.25, 0.3) is 0 Å². The molecule has 0 bridgehead atoms. The lowest BCUT2D eigenvalue weighted by molar-refractivity contribution is -0.111. The SMILES string of the molecule is COc1cccc(OC(=O)N2CCc3c(sc(NC(=O)C=Cc4cccnc4)c3C#N)C2)c1. The predicted octanol–water partition coefficient (Wildman–Crippen LogP) is 4.23. The van der Waals surface area contributed by atoms with Crippen molar-refractivity contribution < 1.29 is 19.1 Å². The highest BCUT2D eigenvalue weighted by Crippen LogP contribution is 2.37. The van der Waals surface area contributed by atoms with Crippen LogP contribution in [-0.4, -0.2) is 35.5 Å². The van der Waals surface area contributed by atoms with Crippen molar-refractivity contribution in [1.82, 2.24) is 9.88 Å². The molecule has 2 amide bonds. The fourth-order valence-electron chi connectivity index (χ4n) is 3.40. The number of amides is 2. The van der Waals surface area contributed by atoms with E-state index in [2.05, 4.69) is 16.4 Å². The molecule has 2 aromatic heterocycles. The zero-order valence-corrected chi connectivity index (χ0v) is 18.6. The molecular weight excluding hydrogens is 440 g/mol. The highest BCUT2D eigenvalue weighted by Gasteiger charge is 2.28. The molecule has 0 saturated carbocycles. The van der Waals surface area contributed by atoms with Gasteiger partial charge < -0.3 is 19.7 Å². The number of pyridine rings is 1. The molecule has 33 heavy (non-hydrogen) atoms. The van der Waals surface area contributed by atoms with Crippen molar-refractivity contribution in [2.45, 2.75) is 13.0 Å². The van der Waals surface area contributed by atoms with Gasteiger partial charge in [0.15, 0.2) is 0 Å². The number of fused-ring (bicyclic) bond motifs is 1. The quantitative estimate of drug-likeness (QED) is 0.572. The highest BCUT2D eigenvalue weighted by atomic mass is 32.1. The summed E-state index contributed by atoms with van der Waals surface area (Å²) in [6, 6.07) is 12.6. The molecule has 9 heteroatoms. The molecule has 1 aliphatic heterocycles.